The third-order valence-electron chi connectivity index (χ3n) is 2.75. The summed E-state index contributed by atoms with van der Waals surface area (Å²) in [6.07, 6.45) is 1.62. The van der Waals surface area contributed by atoms with Crippen LogP contribution in [0.2, 0.25) is 0 Å². The topological polar surface area (TPSA) is 63.4 Å². The van der Waals surface area contributed by atoms with Crippen LogP contribution in [0, 0.1) is 5.82 Å². The van der Waals surface area contributed by atoms with Crippen LogP contribution in [0.4, 0.5) is 4.39 Å². The first-order valence-electron chi connectivity index (χ1n) is 5.88. The lowest BCUT2D eigenvalue weighted by Crippen LogP contribution is -2.28. The van der Waals surface area contributed by atoms with Crippen LogP contribution in [0.25, 0.3) is 0 Å². The lowest BCUT2D eigenvalue weighted by molar-refractivity contribution is 0.453. The molecule has 4 nitrogen and oxygen atoms in total. The van der Waals surface area contributed by atoms with Crippen molar-refractivity contribution >= 4 is 10.0 Å². The summed E-state index contributed by atoms with van der Waals surface area (Å²) >= 11 is 0. The van der Waals surface area contributed by atoms with Crippen LogP contribution in [0.5, 0.6) is 0 Å². The van der Waals surface area contributed by atoms with E-state index >= 15 is 0 Å². The van der Waals surface area contributed by atoms with E-state index in [2.05, 4.69) is 0 Å². The van der Waals surface area contributed by atoms with Crippen LogP contribution in [-0.4, -0.2) is 26.3 Å². The first-order valence-corrected chi connectivity index (χ1v) is 7.32. The van der Waals surface area contributed by atoms with Gasteiger partial charge in [-0.3, -0.25) is 0 Å². The SMILES string of the molecule is CCCCN(C)S(=O)(=O)c1cc(CN)ccc1F. The Hall–Kier alpha value is -0.980. The second kappa shape index (κ2) is 6.26. The fraction of sp³-hybridized carbons (Fsp3) is 0.500. The molecule has 102 valence electrons. The second-order valence-corrected chi connectivity index (χ2v) is 6.16. The quantitative estimate of drug-likeness (QED) is 0.859. The van der Waals surface area contributed by atoms with Crippen LogP contribution in [0.15, 0.2) is 23.1 Å². The second-order valence-electron chi connectivity index (χ2n) is 4.15. The number of rotatable bonds is 6. The molecule has 0 aromatic heterocycles. The standard InChI is InChI=1S/C12H19FN2O2S/c1-3-4-7-15(2)18(16,17)12-8-10(9-14)5-6-11(12)13/h5-6,8H,3-4,7,9,14H2,1-2H3. The van der Waals surface area contributed by atoms with Gasteiger partial charge < -0.3 is 5.73 Å². The molecule has 0 bridgehead atoms. The third kappa shape index (κ3) is 3.28. The van der Waals surface area contributed by atoms with Gasteiger partial charge in [-0.15, -0.1) is 0 Å². The maximum absolute atomic E-state index is 13.6. The highest BCUT2D eigenvalue weighted by molar-refractivity contribution is 7.89. The van der Waals surface area contributed by atoms with E-state index in [1.165, 1.54) is 23.5 Å². The average molecular weight is 274 g/mol. The minimum absolute atomic E-state index is 0.182. The highest BCUT2D eigenvalue weighted by Gasteiger charge is 2.24. The molecule has 0 aliphatic heterocycles. The Morgan fingerprint density at radius 2 is 2.06 bits per heavy atom. The highest BCUT2D eigenvalue weighted by atomic mass is 32.2. The summed E-state index contributed by atoms with van der Waals surface area (Å²) in [5, 5.41) is 0. The fourth-order valence-corrected chi connectivity index (χ4v) is 2.86. The molecule has 1 rings (SSSR count). The van der Waals surface area contributed by atoms with Crippen molar-refractivity contribution in [1.82, 2.24) is 4.31 Å². The normalized spacial score (nSPS) is 12.1. The van der Waals surface area contributed by atoms with Gasteiger partial charge in [0, 0.05) is 20.1 Å². The smallest absolute Gasteiger partial charge is 0.245 e. The zero-order valence-electron chi connectivity index (χ0n) is 10.7. The van der Waals surface area contributed by atoms with Crippen molar-refractivity contribution in [2.75, 3.05) is 13.6 Å². The maximum Gasteiger partial charge on any atom is 0.245 e. The molecule has 0 fully saturated rings. The molecular formula is C12H19FN2O2S. The van der Waals surface area contributed by atoms with Crippen molar-refractivity contribution in [2.45, 2.75) is 31.2 Å². The summed E-state index contributed by atoms with van der Waals surface area (Å²) in [7, 11) is -2.31. The molecule has 1 aromatic rings. The maximum atomic E-state index is 13.6. The van der Waals surface area contributed by atoms with Gasteiger partial charge in [-0.25, -0.2) is 17.1 Å². The number of nitrogens with two attached hydrogens (primary N) is 1. The number of sulfonamides is 1. The lowest BCUT2D eigenvalue weighted by Gasteiger charge is -2.17. The van der Waals surface area contributed by atoms with Crippen LogP contribution in [0.3, 0.4) is 0 Å². The van der Waals surface area contributed by atoms with Crippen molar-refractivity contribution in [2.24, 2.45) is 5.73 Å². The molecule has 1 aromatic carbocycles. The van der Waals surface area contributed by atoms with Crippen molar-refractivity contribution in [1.29, 1.82) is 0 Å². The molecule has 18 heavy (non-hydrogen) atoms. The Balaban J connectivity index is 3.11. The van der Waals surface area contributed by atoms with Crippen LogP contribution < -0.4 is 5.73 Å². The van der Waals surface area contributed by atoms with Crippen LogP contribution >= 0.6 is 0 Å². The molecule has 2 N–H and O–H groups in total. The number of unbranched alkanes of at least 4 members (excludes halogenated alkanes) is 1. The lowest BCUT2D eigenvalue weighted by atomic mass is 10.2. The van der Waals surface area contributed by atoms with E-state index in [4.69, 9.17) is 5.73 Å². The number of hydrogen-bond acceptors (Lipinski definition) is 3. The van der Waals surface area contributed by atoms with Gasteiger partial charge in [0.2, 0.25) is 10.0 Å². The van der Waals surface area contributed by atoms with Gasteiger partial charge in [0.1, 0.15) is 10.7 Å². The predicted molar refractivity (Wildman–Crippen MR) is 69.0 cm³/mol. The number of hydrogen-bond donors (Lipinski definition) is 1. The molecule has 0 amide bonds. The van der Waals surface area contributed by atoms with E-state index in [0.29, 0.717) is 12.1 Å². The Kier molecular flexibility index (Phi) is 5.25. The van der Waals surface area contributed by atoms with Crippen molar-refractivity contribution < 1.29 is 12.8 Å². The van der Waals surface area contributed by atoms with Gasteiger partial charge in [-0.05, 0) is 24.1 Å². The van der Waals surface area contributed by atoms with Crippen molar-refractivity contribution in [3.8, 4) is 0 Å². The third-order valence-corrected chi connectivity index (χ3v) is 4.62. The molecule has 0 aliphatic rings. The Morgan fingerprint density at radius 3 is 2.61 bits per heavy atom. The molecule has 0 heterocycles. The Morgan fingerprint density at radius 1 is 1.39 bits per heavy atom. The molecule has 0 atom stereocenters. The molecule has 0 saturated carbocycles. The average Bonchev–Trinajstić information content (AvgIpc) is 2.36. The van der Waals surface area contributed by atoms with E-state index < -0.39 is 15.8 Å². The fourth-order valence-electron chi connectivity index (χ4n) is 1.54. The van der Waals surface area contributed by atoms with E-state index in [1.54, 1.807) is 0 Å². The zero-order chi connectivity index (χ0) is 13.8. The number of halogens is 1. The van der Waals surface area contributed by atoms with Gasteiger partial charge in [-0.2, -0.15) is 0 Å². The summed E-state index contributed by atoms with van der Waals surface area (Å²) < 4.78 is 39.2. The van der Waals surface area contributed by atoms with E-state index in [0.717, 1.165) is 18.9 Å². The van der Waals surface area contributed by atoms with Gasteiger partial charge in [0.15, 0.2) is 0 Å². The summed E-state index contributed by atoms with van der Waals surface area (Å²) in [4.78, 5) is -0.302. The largest absolute Gasteiger partial charge is 0.326 e. The van der Waals surface area contributed by atoms with Crippen molar-refractivity contribution in [3.63, 3.8) is 0 Å². The zero-order valence-corrected chi connectivity index (χ0v) is 11.5. The van der Waals surface area contributed by atoms with Crippen molar-refractivity contribution in [3.05, 3.63) is 29.6 Å². The molecule has 6 heteroatoms. The summed E-state index contributed by atoms with van der Waals surface area (Å²) in [6, 6.07) is 3.93. The van der Waals surface area contributed by atoms with Gasteiger partial charge >= 0.3 is 0 Å². The Labute approximate surface area is 108 Å². The minimum atomic E-state index is -3.77. The monoisotopic (exact) mass is 274 g/mol. The van der Waals surface area contributed by atoms with Gasteiger partial charge in [-0.1, -0.05) is 19.4 Å². The van der Waals surface area contributed by atoms with Gasteiger partial charge in [0.05, 0.1) is 0 Å². The predicted octanol–water partition coefficient (Wildman–Crippen LogP) is 1.71. The summed E-state index contributed by atoms with van der Waals surface area (Å²) in [5.74, 6) is -0.740. The van der Waals surface area contributed by atoms with E-state index in [1.807, 2.05) is 6.92 Å². The number of nitrogens with zero attached hydrogens (tertiary/aromatic N) is 1. The first-order chi connectivity index (χ1) is 8.43. The van der Waals surface area contributed by atoms with Crippen LogP contribution in [0.1, 0.15) is 25.3 Å². The minimum Gasteiger partial charge on any atom is -0.326 e. The van der Waals surface area contributed by atoms with Crippen LogP contribution in [-0.2, 0) is 16.6 Å². The highest BCUT2D eigenvalue weighted by Crippen LogP contribution is 2.20. The molecule has 0 unspecified atom stereocenters. The van der Waals surface area contributed by atoms with Gasteiger partial charge in [0.25, 0.3) is 0 Å². The van der Waals surface area contributed by atoms with E-state index in [-0.39, 0.29) is 11.4 Å². The number of benzene rings is 1. The first kappa shape index (κ1) is 15.1. The Bertz CT molecular complexity index is 503. The molecule has 0 radical (unpaired) electrons. The summed E-state index contributed by atoms with van der Waals surface area (Å²) in [6.45, 7) is 2.53. The van der Waals surface area contributed by atoms with E-state index in [9.17, 15) is 12.8 Å². The summed E-state index contributed by atoms with van der Waals surface area (Å²) in [5.41, 5.74) is 6.03. The molecular weight excluding hydrogens is 255 g/mol. The molecule has 0 saturated heterocycles. The molecule has 0 aliphatic carbocycles. The molecule has 0 spiro atoms.